The van der Waals surface area contributed by atoms with Crippen molar-refractivity contribution >= 4 is 16.9 Å². The molecule has 0 bridgehead atoms. The van der Waals surface area contributed by atoms with E-state index in [0.717, 1.165) is 43.1 Å². The number of rotatable bonds is 5. The number of amides is 1. The number of aliphatic hydroxyl groups excluding tert-OH is 1. The molecule has 6 nitrogen and oxygen atoms in total. The summed E-state index contributed by atoms with van der Waals surface area (Å²) in [6.45, 7) is 0. The van der Waals surface area contributed by atoms with Crippen molar-refractivity contribution in [3.05, 3.63) is 30.0 Å². The van der Waals surface area contributed by atoms with Crippen molar-refractivity contribution in [2.75, 3.05) is 7.11 Å². The first kappa shape index (κ1) is 18.6. The predicted molar refractivity (Wildman–Crippen MR) is 100 cm³/mol. The number of carbonyl (C=O) groups excluding carboxylic acids is 1. The maximum atomic E-state index is 12.4. The minimum atomic E-state index is -0.450. The molecule has 1 aliphatic rings. The van der Waals surface area contributed by atoms with Gasteiger partial charge in [0.05, 0.1) is 30.3 Å². The second kappa shape index (κ2) is 8.94. The molecule has 26 heavy (non-hydrogen) atoms. The average molecular weight is 357 g/mol. The van der Waals surface area contributed by atoms with Crippen molar-refractivity contribution in [2.24, 2.45) is 0 Å². The summed E-state index contributed by atoms with van der Waals surface area (Å²) in [5.74, 6) is 0.397. The van der Waals surface area contributed by atoms with Crippen LogP contribution in [0.4, 0.5) is 0 Å². The Labute approximate surface area is 154 Å². The van der Waals surface area contributed by atoms with Gasteiger partial charge in [-0.15, -0.1) is 0 Å². The zero-order chi connectivity index (χ0) is 18.4. The Balaban J connectivity index is 1.62. The van der Waals surface area contributed by atoms with Crippen LogP contribution in [0.15, 0.2) is 24.3 Å². The molecule has 1 aromatic heterocycles. The van der Waals surface area contributed by atoms with Gasteiger partial charge in [0.1, 0.15) is 5.69 Å². The Bertz CT molecular complexity index is 750. The Kier molecular flexibility index (Phi) is 6.39. The first-order valence-corrected chi connectivity index (χ1v) is 9.44. The predicted octanol–water partition coefficient (Wildman–Crippen LogP) is 2.77. The summed E-state index contributed by atoms with van der Waals surface area (Å²) in [6, 6.07) is 7.46. The molecule has 140 valence electrons. The molecule has 1 saturated carbocycles. The maximum Gasteiger partial charge on any atom is 0.235 e. The molecule has 2 aromatic rings. The number of hydrogen-bond acceptors (Lipinski definition) is 5. The van der Waals surface area contributed by atoms with Crippen LogP contribution in [0.5, 0.6) is 5.88 Å². The van der Waals surface area contributed by atoms with Crippen molar-refractivity contribution in [1.29, 1.82) is 0 Å². The van der Waals surface area contributed by atoms with Crippen LogP contribution in [-0.2, 0) is 11.2 Å². The molecule has 0 radical (unpaired) electrons. The molecule has 1 aromatic carbocycles. The summed E-state index contributed by atoms with van der Waals surface area (Å²) in [6.07, 6.45) is 6.31. The molecular weight excluding hydrogens is 330 g/mol. The third kappa shape index (κ3) is 4.69. The van der Waals surface area contributed by atoms with Crippen LogP contribution in [0.2, 0.25) is 0 Å². The monoisotopic (exact) mass is 357 g/mol. The summed E-state index contributed by atoms with van der Waals surface area (Å²) in [7, 11) is 1.56. The van der Waals surface area contributed by atoms with E-state index < -0.39 is 6.10 Å². The number of para-hydroxylation sites is 2. The molecule has 2 N–H and O–H groups in total. The molecule has 0 spiro atoms. The number of aliphatic hydroxyl groups is 1. The number of aryl methyl sites for hydroxylation is 1. The summed E-state index contributed by atoms with van der Waals surface area (Å²) in [5, 5.41) is 13.3. The Hall–Kier alpha value is -2.21. The Morgan fingerprint density at radius 1 is 1.15 bits per heavy atom. The quantitative estimate of drug-likeness (QED) is 0.859. The molecule has 3 rings (SSSR count). The molecule has 1 aliphatic carbocycles. The lowest BCUT2D eigenvalue weighted by Gasteiger charge is -2.26. The number of nitrogens with one attached hydrogen (secondary N) is 1. The number of hydrogen-bond donors (Lipinski definition) is 2. The van der Waals surface area contributed by atoms with Gasteiger partial charge in [-0.25, -0.2) is 9.97 Å². The largest absolute Gasteiger partial charge is 0.480 e. The van der Waals surface area contributed by atoms with Gasteiger partial charge < -0.3 is 15.2 Å². The van der Waals surface area contributed by atoms with E-state index in [1.54, 1.807) is 7.11 Å². The summed E-state index contributed by atoms with van der Waals surface area (Å²) >= 11 is 0. The average Bonchev–Trinajstić information content (AvgIpc) is 2.65. The Morgan fingerprint density at radius 3 is 2.58 bits per heavy atom. The smallest absolute Gasteiger partial charge is 0.235 e. The van der Waals surface area contributed by atoms with E-state index in [0.29, 0.717) is 24.4 Å². The van der Waals surface area contributed by atoms with Gasteiger partial charge in [0.15, 0.2) is 0 Å². The summed E-state index contributed by atoms with van der Waals surface area (Å²) in [4.78, 5) is 21.4. The lowest BCUT2D eigenvalue weighted by molar-refractivity contribution is -0.122. The van der Waals surface area contributed by atoms with E-state index in [9.17, 15) is 9.90 Å². The van der Waals surface area contributed by atoms with E-state index in [2.05, 4.69) is 15.3 Å². The molecule has 6 heteroatoms. The molecule has 2 atom stereocenters. The van der Waals surface area contributed by atoms with Gasteiger partial charge in [0.2, 0.25) is 11.8 Å². The molecule has 1 fully saturated rings. The van der Waals surface area contributed by atoms with Crippen molar-refractivity contribution in [2.45, 2.75) is 63.5 Å². The van der Waals surface area contributed by atoms with Crippen molar-refractivity contribution in [3.63, 3.8) is 0 Å². The zero-order valence-corrected chi connectivity index (χ0v) is 15.3. The van der Waals surface area contributed by atoms with E-state index in [1.165, 1.54) is 6.42 Å². The second-order valence-electron chi connectivity index (χ2n) is 6.90. The number of ether oxygens (including phenoxy) is 1. The topological polar surface area (TPSA) is 84.3 Å². The highest BCUT2D eigenvalue weighted by molar-refractivity contribution is 5.77. The highest BCUT2D eigenvalue weighted by Gasteiger charge is 2.22. The Morgan fingerprint density at radius 2 is 1.85 bits per heavy atom. The fraction of sp³-hybridized carbons (Fsp3) is 0.550. The lowest BCUT2D eigenvalue weighted by Crippen LogP contribution is -2.43. The first-order valence-electron chi connectivity index (χ1n) is 9.44. The van der Waals surface area contributed by atoms with Crippen LogP contribution in [0.3, 0.4) is 0 Å². The van der Waals surface area contributed by atoms with E-state index in [1.807, 2.05) is 24.3 Å². The normalized spacial score (nSPS) is 21.0. The minimum Gasteiger partial charge on any atom is -0.480 e. The minimum absolute atomic E-state index is 0.0633. The standard InChI is InChI=1S/C20H27N3O3/c1-26-20-17(21-14-8-6-7-9-15(14)23-20)12-13-19(25)22-16-10-4-2-3-5-11-18(16)24/h6-9,16,18,24H,2-5,10-13H2,1H3,(H,22,25)/t16-,18-/m0/s1. The van der Waals surface area contributed by atoms with Gasteiger partial charge in [-0.05, 0) is 25.0 Å². The third-order valence-corrected chi connectivity index (χ3v) is 4.96. The number of nitrogens with zero attached hydrogens (tertiary/aromatic N) is 2. The van der Waals surface area contributed by atoms with Gasteiger partial charge in [-0.2, -0.15) is 0 Å². The highest BCUT2D eigenvalue weighted by atomic mass is 16.5. The second-order valence-corrected chi connectivity index (χ2v) is 6.90. The fourth-order valence-corrected chi connectivity index (χ4v) is 3.49. The van der Waals surface area contributed by atoms with Crippen LogP contribution in [0, 0.1) is 0 Å². The SMILES string of the molecule is COc1nc2ccccc2nc1CCC(=O)N[C@H]1CCCCCC[C@@H]1O. The van der Waals surface area contributed by atoms with Gasteiger partial charge in [0.25, 0.3) is 0 Å². The van der Waals surface area contributed by atoms with Gasteiger partial charge in [-0.1, -0.05) is 37.8 Å². The van der Waals surface area contributed by atoms with Gasteiger partial charge >= 0.3 is 0 Å². The highest BCUT2D eigenvalue weighted by Crippen LogP contribution is 2.21. The maximum absolute atomic E-state index is 12.4. The zero-order valence-electron chi connectivity index (χ0n) is 15.3. The van der Waals surface area contributed by atoms with Gasteiger partial charge in [-0.3, -0.25) is 4.79 Å². The first-order chi connectivity index (χ1) is 12.7. The number of fused-ring (bicyclic) bond motifs is 1. The summed E-state index contributed by atoms with van der Waals surface area (Å²) < 4.78 is 5.34. The van der Waals surface area contributed by atoms with Crippen LogP contribution in [0.1, 0.15) is 50.6 Å². The van der Waals surface area contributed by atoms with E-state index >= 15 is 0 Å². The molecule has 0 unspecified atom stereocenters. The molecule has 1 amide bonds. The van der Waals surface area contributed by atoms with Crippen molar-refractivity contribution in [3.8, 4) is 5.88 Å². The van der Waals surface area contributed by atoms with Crippen LogP contribution >= 0.6 is 0 Å². The molecular formula is C20H27N3O3. The summed E-state index contributed by atoms with van der Waals surface area (Å²) in [5.41, 5.74) is 2.24. The molecule has 0 saturated heterocycles. The van der Waals surface area contributed by atoms with Crippen LogP contribution < -0.4 is 10.1 Å². The lowest BCUT2D eigenvalue weighted by atomic mass is 9.94. The van der Waals surface area contributed by atoms with Crippen molar-refractivity contribution < 1.29 is 14.6 Å². The fourth-order valence-electron chi connectivity index (χ4n) is 3.49. The number of carbonyl (C=O) groups is 1. The number of benzene rings is 1. The van der Waals surface area contributed by atoms with E-state index in [-0.39, 0.29) is 11.9 Å². The third-order valence-electron chi connectivity index (χ3n) is 4.96. The van der Waals surface area contributed by atoms with Gasteiger partial charge in [0, 0.05) is 12.8 Å². The van der Waals surface area contributed by atoms with Crippen LogP contribution in [0.25, 0.3) is 11.0 Å². The van der Waals surface area contributed by atoms with Crippen LogP contribution in [-0.4, -0.2) is 40.2 Å². The van der Waals surface area contributed by atoms with E-state index in [4.69, 9.17) is 4.74 Å². The molecule has 1 heterocycles. The van der Waals surface area contributed by atoms with Crippen molar-refractivity contribution in [1.82, 2.24) is 15.3 Å². The number of methoxy groups -OCH3 is 1. The number of aromatic nitrogens is 2. The molecule has 0 aliphatic heterocycles.